The van der Waals surface area contributed by atoms with Crippen LogP contribution in [0.25, 0.3) is 92.2 Å². The van der Waals surface area contributed by atoms with Gasteiger partial charge in [0.1, 0.15) is 16.7 Å². The van der Waals surface area contributed by atoms with Gasteiger partial charge in [0, 0.05) is 59.0 Å². The highest BCUT2D eigenvalue weighted by atomic mass is 32.1. The van der Waals surface area contributed by atoms with E-state index in [1.165, 1.54) is 30.9 Å². The lowest BCUT2D eigenvalue weighted by atomic mass is 10.1. The first-order valence-electron chi connectivity index (χ1n) is 18.4. The molecule has 12 rings (SSSR count). The first kappa shape index (κ1) is 30.3. The standard InChI is InChI=1S/C49H29N3O2S/c1-3-12-30(13-4-1)49-50-39-25-27-43-46(48(39)54-49)38-28-32(23-26-42(38)53-43)51(33-22-24-36-35-17-8-10-21-44(35)55-45(36)29-33)41-20-11-18-37-34-16-7-9-19-40(34)52(47(37)41)31-14-5-2-6-15-31/h1-29H. The Morgan fingerprint density at radius 2 is 1.22 bits per heavy atom. The summed E-state index contributed by atoms with van der Waals surface area (Å²) in [6, 6.07) is 62.1. The van der Waals surface area contributed by atoms with E-state index in [4.69, 9.17) is 13.8 Å². The summed E-state index contributed by atoms with van der Waals surface area (Å²) in [7, 11) is 0. The molecule has 55 heavy (non-hydrogen) atoms. The summed E-state index contributed by atoms with van der Waals surface area (Å²) in [5.74, 6) is 0.590. The summed E-state index contributed by atoms with van der Waals surface area (Å²) in [5.41, 5.74) is 10.6. The normalized spacial score (nSPS) is 12.0. The predicted octanol–water partition coefficient (Wildman–Crippen LogP) is 14.3. The molecule has 0 bridgehead atoms. The fourth-order valence-electron chi connectivity index (χ4n) is 8.39. The minimum atomic E-state index is 0.590. The average molecular weight is 724 g/mol. The second-order valence-corrected chi connectivity index (χ2v) is 15.0. The molecule has 0 amide bonds. The van der Waals surface area contributed by atoms with Crippen LogP contribution in [0.4, 0.5) is 17.1 Å². The van der Waals surface area contributed by atoms with Crippen molar-refractivity contribution in [2.75, 3.05) is 4.90 Å². The molecule has 0 aliphatic carbocycles. The van der Waals surface area contributed by atoms with Gasteiger partial charge >= 0.3 is 0 Å². The molecule has 0 saturated heterocycles. The third kappa shape index (κ3) is 4.55. The van der Waals surface area contributed by atoms with Gasteiger partial charge in [-0.2, -0.15) is 0 Å². The monoisotopic (exact) mass is 723 g/mol. The van der Waals surface area contributed by atoms with E-state index in [1.807, 2.05) is 53.8 Å². The number of oxazole rings is 1. The molecule has 258 valence electrons. The molecule has 4 aromatic heterocycles. The van der Waals surface area contributed by atoms with Crippen LogP contribution in [0.15, 0.2) is 185 Å². The number of rotatable bonds is 5. The van der Waals surface area contributed by atoms with E-state index in [2.05, 4.69) is 143 Å². The van der Waals surface area contributed by atoms with Gasteiger partial charge < -0.3 is 18.3 Å². The highest BCUT2D eigenvalue weighted by Crippen LogP contribution is 2.47. The summed E-state index contributed by atoms with van der Waals surface area (Å²) < 4.78 is 18.0. The lowest BCUT2D eigenvalue weighted by Gasteiger charge is -2.27. The van der Waals surface area contributed by atoms with Crippen molar-refractivity contribution in [3.63, 3.8) is 0 Å². The van der Waals surface area contributed by atoms with Crippen LogP contribution in [0.3, 0.4) is 0 Å². The van der Waals surface area contributed by atoms with E-state index >= 15 is 0 Å². The first-order valence-corrected chi connectivity index (χ1v) is 19.2. The number of hydrogen-bond donors (Lipinski definition) is 0. The van der Waals surface area contributed by atoms with E-state index < -0.39 is 0 Å². The van der Waals surface area contributed by atoms with Crippen LogP contribution in [-0.2, 0) is 0 Å². The third-order valence-corrected chi connectivity index (χ3v) is 11.9. The molecule has 12 aromatic rings. The highest BCUT2D eigenvalue weighted by molar-refractivity contribution is 7.25. The van der Waals surface area contributed by atoms with Crippen LogP contribution >= 0.6 is 11.3 Å². The topological polar surface area (TPSA) is 47.3 Å². The summed E-state index contributed by atoms with van der Waals surface area (Å²) in [6.07, 6.45) is 0. The van der Waals surface area contributed by atoms with Crippen molar-refractivity contribution in [1.82, 2.24) is 9.55 Å². The number of hydrogen-bond acceptors (Lipinski definition) is 5. The Morgan fingerprint density at radius 3 is 2.11 bits per heavy atom. The van der Waals surface area contributed by atoms with Gasteiger partial charge in [-0.05, 0) is 84.9 Å². The molecule has 5 nitrogen and oxygen atoms in total. The largest absolute Gasteiger partial charge is 0.456 e. The SMILES string of the molecule is c1ccc(-c2nc3ccc4oc5ccc(N(c6ccc7c(c6)sc6ccccc67)c6cccc7c8ccccc8n(-c8ccccc8)c67)cc5c4c3o2)cc1. The van der Waals surface area contributed by atoms with E-state index in [9.17, 15) is 0 Å². The van der Waals surface area contributed by atoms with Gasteiger partial charge in [-0.3, -0.25) is 0 Å². The zero-order chi connectivity index (χ0) is 36.0. The van der Waals surface area contributed by atoms with Gasteiger partial charge in [-0.25, -0.2) is 4.98 Å². The summed E-state index contributed by atoms with van der Waals surface area (Å²) in [6.45, 7) is 0. The molecular formula is C49H29N3O2S. The van der Waals surface area contributed by atoms with Gasteiger partial charge in [0.25, 0.3) is 0 Å². The Hall–Kier alpha value is -7.15. The molecule has 0 spiro atoms. The van der Waals surface area contributed by atoms with Crippen LogP contribution in [0.1, 0.15) is 0 Å². The Kier molecular flexibility index (Phi) is 6.44. The van der Waals surface area contributed by atoms with E-state index in [0.717, 1.165) is 72.4 Å². The molecular weight excluding hydrogens is 695 g/mol. The first-order chi connectivity index (χ1) is 27.3. The molecule has 6 heteroatoms. The number of fused-ring (bicyclic) bond motifs is 11. The van der Waals surface area contributed by atoms with E-state index in [1.54, 1.807) is 0 Å². The number of benzene rings is 8. The van der Waals surface area contributed by atoms with Gasteiger partial charge in [-0.15, -0.1) is 11.3 Å². The fraction of sp³-hybridized carbons (Fsp3) is 0. The number of nitrogens with zero attached hydrogens (tertiary/aromatic N) is 3. The lowest BCUT2D eigenvalue weighted by molar-refractivity contribution is 0.622. The second kappa shape index (κ2) is 11.7. The Morgan fingerprint density at radius 1 is 0.509 bits per heavy atom. The number of para-hydroxylation sites is 3. The maximum Gasteiger partial charge on any atom is 0.227 e. The molecule has 4 heterocycles. The second-order valence-electron chi connectivity index (χ2n) is 13.9. The van der Waals surface area contributed by atoms with Crippen molar-refractivity contribution in [2.24, 2.45) is 0 Å². The highest BCUT2D eigenvalue weighted by Gasteiger charge is 2.24. The van der Waals surface area contributed by atoms with Crippen LogP contribution in [0.5, 0.6) is 0 Å². The zero-order valence-corrected chi connectivity index (χ0v) is 30.1. The quantitative estimate of drug-likeness (QED) is 0.177. The van der Waals surface area contributed by atoms with Crippen molar-refractivity contribution in [3.8, 4) is 17.1 Å². The van der Waals surface area contributed by atoms with Gasteiger partial charge in [0.05, 0.1) is 22.1 Å². The minimum Gasteiger partial charge on any atom is -0.456 e. The van der Waals surface area contributed by atoms with Crippen molar-refractivity contribution in [3.05, 3.63) is 176 Å². The molecule has 8 aromatic carbocycles. The smallest absolute Gasteiger partial charge is 0.227 e. The molecule has 0 saturated carbocycles. The molecule has 0 radical (unpaired) electrons. The van der Waals surface area contributed by atoms with E-state index in [-0.39, 0.29) is 0 Å². The fourth-order valence-corrected chi connectivity index (χ4v) is 9.52. The molecule has 0 aliphatic rings. The van der Waals surface area contributed by atoms with Crippen LogP contribution in [-0.4, -0.2) is 9.55 Å². The average Bonchev–Trinajstić information content (AvgIpc) is 4.02. The lowest BCUT2D eigenvalue weighted by Crippen LogP contribution is -2.11. The van der Waals surface area contributed by atoms with Gasteiger partial charge in [0.2, 0.25) is 5.89 Å². The van der Waals surface area contributed by atoms with E-state index in [0.29, 0.717) is 5.89 Å². The molecule has 0 fully saturated rings. The maximum atomic E-state index is 6.55. The summed E-state index contributed by atoms with van der Waals surface area (Å²) >= 11 is 1.83. The summed E-state index contributed by atoms with van der Waals surface area (Å²) in [5, 5.41) is 6.83. The molecule has 0 atom stereocenters. The Labute approximate surface area is 318 Å². The van der Waals surface area contributed by atoms with Crippen molar-refractivity contribution >= 4 is 103 Å². The van der Waals surface area contributed by atoms with Gasteiger partial charge in [0.15, 0.2) is 5.58 Å². The predicted molar refractivity (Wildman–Crippen MR) is 229 cm³/mol. The molecule has 0 N–H and O–H groups in total. The number of anilines is 3. The van der Waals surface area contributed by atoms with Crippen molar-refractivity contribution in [1.29, 1.82) is 0 Å². The van der Waals surface area contributed by atoms with Crippen molar-refractivity contribution < 1.29 is 8.83 Å². The minimum absolute atomic E-state index is 0.590. The zero-order valence-electron chi connectivity index (χ0n) is 29.3. The van der Waals surface area contributed by atoms with Gasteiger partial charge in [-0.1, -0.05) is 91.0 Å². The van der Waals surface area contributed by atoms with Crippen LogP contribution < -0.4 is 4.90 Å². The van der Waals surface area contributed by atoms with Crippen LogP contribution in [0.2, 0.25) is 0 Å². The Bertz CT molecular complexity index is 3450. The summed E-state index contributed by atoms with van der Waals surface area (Å²) in [4.78, 5) is 7.29. The number of thiophene rings is 1. The maximum absolute atomic E-state index is 6.55. The third-order valence-electron chi connectivity index (χ3n) is 10.8. The Balaban J connectivity index is 1.16. The number of aromatic nitrogens is 2. The molecule has 0 unspecified atom stereocenters. The molecule has 0 aliphatic heterocycles. The van der Waals surface area contributed by atoms with Crippen LogP contribution in [0, 0.1) is 0 Å². The number of furan rings is 1. The van der Waals surface area contributed by atoms with Crippen molar-refractivity contribution in [2.45, 2.75) is 0 Å².